The summed E-state index contributed by atoms with van der Waals surface area (Å²) in [6, 6.07) is 20.4. The zero-order valence-electron chi connectivity index (χ0n) is 21.4. The van der Waals surface area contributed by atoms with Crippen LogP contribution >= 0.6 is 11.6 Å². The third-order valence-corrected chi connectivity index (χ3v) is 7.91. The van der Waals surface area contributed by atoms with Crippen molar-refractivity contribution >= 4 is 34.8 Å². The number of hydrogen-bond acceptors (Lipinski definition) is 4. The van der Waals surface area contributed by atoms with Gasteiger partial charge in [0.2, 0.25) is 0 Å². The van der Waals surface area contributed by atoms with Crippen molar-refractivity contribution in [2.75, 3.05) is 50.0 Å². The van der Waals surface area contributed by atoms with Crippen molar-refractivity contribution in [1.82, 2.24) is 10.2 Å². The van der Waals surface area contributed by atoms with E-state index in [0.717, 1.165) is 31.6 Å². The number of nitrogens with one attached hydrogen (secondary N) is 2. The molecule has 8 heteroatoms. The molecular weight excluding hydrogens is 503 g/mol. The molecule has 0 aromatic heterocycles. The van der Waals surface area contributed by atoms with Gasteiger partial charge in [0.05, 0.1) is 16.1 Å². The summed E-state index contributed by atoms with van der Waals surface area (Å²) in [6.07, 6.45) is 1.71. The molecule has 2 atom stereocenters. The molecule has 198 valence electrons. The summed E-state index contributed by atoms with van der Waals surface area (Å²) in [4.78, 5) is 29.6. The minimum atomic E-state index is -0.569. The van der Waals surface area contributed by atoms with E-state index in [2.05, 4.69) is 39.8 Å². The number of halogens is 2. The Morgan fingerprint density at radius 1 is 0.974 bits per heavy atom. The van der Waals surface area contributed by atoms with Gasteiger partial charge in [0, 0.05) is 63.0 Å². The van der Waals surface area contributed by atoms with Crippen molar-refractivity contribution in [2.45, 2.75) is 12.8 Å². The molecule has 2 amide bonds. The maximum absolute atomic E-state index is 14.3. The lowest BCUT2D eigenvalue weighted by molar-refractivity contribution is 0.0777. The molecule has 5 rings (SSSR count). The second-order valence-electron chi connectivity index (χ2n) is 10.1. The monoisotopic (exact) mass is 534 g/mol. The van der Waals surface area contributed by atoms with Crippen LogP contribution in [0.4, 0.5) is 15.8 Å². The van der Waals surface area contributed by atoms with E-state index in [1.165, 1.54) is 23.4 Å². The Balaban J connectivity index is 1.12. The van der Waals surface area contributed by atoms with Crippen LogP contribution in [0.25, 0.3) is 0 Å². The Morgan fingerprint density at radius 2 is 1.71 bits per heavy atom. The van der Waals surface area contributed by atoms with Crippen LogP contribution in [0.2, 0.25) is 5.02 Å². The smallest absolute Gasteiger partial charge is 0.258 e. The number of rotatable bonds is 8. The van der Waals surface area contributed by atoms with Crippen LogP contribution in [0.15, 0.2) is 66.7 Å². The first-order valence-electron chi connectivity index (χ1n) is 13.1. The lowest BCUT2D eigenvalue weighted by atomic mass is 10.0. The van der Waals surface area contributed by atoms with Gasteiger partial charge >= 0.3 is 0 Å². The molecule has 0 aliphatic carbocycles. The molecule has 6 nitrogen and oxygen atoms in total. The summed E-state index contributed by atoms with van der Waals surface area (Å²) in [7, 11) is 1.81. The molecule has 0 spiro atoms. The highest BCUT2D eigenvalue weighted by Crippen LogP contribution is 2.35. The molecule has 2 aliphatic rings. The van der Waals surface area contributed by atoms with Crippen LogP contribution < -0.4 is 15.5 Å². The predicted octanol–water partition coefficient (Wildman–Crippen LogP) is 5.09. The molecule has 2 unspecified atom stereocenters. The van der Waals surface area contributed by atoms with Crippen molar-refractivity contribution in [1.29, 1.82) is 0 Å². The van der Waals surface area contributed by atoms with Crippen molar-refractivity contribution < 1.29 is 14.0 Å². The van der Waals surface area contributed by atoms with Gasteiger partial charge in [-0.2, -0.15) is 0 Å². The molecule has 0 radical (unpaired) electrons. The third-order valence-electron chi connectivity index (χ3n) is 7.59. The van der Waals surface area contributed by atoms with Gasteiger partial charge in [-0.25, -0.2) is 4.39 Å². The molecular formula is C30H32ClFN4O2. The number of carbonyl (C=O) groups excluding carboxylic acids is 2. The molecule has 38 heavy (non-hydrogen) atoms. The van der Waals surface area contributed by atoms with Gasteiger partial charge in [-0.15, -0.1) is 0 Å². The number of amides is 2. The van der Waals surface area contributed by atoms with E-state index in [1.54, 1.807) is 11.0 Å². The summed E-state index contributed by atoms with van der Waals surface area (Å²) >= 11 is 6.12. The molecule has 2 aliphatic heterocycles. The van der Waals surface area contributed by atoms with E-state index in [4.69, 9.17) is 11.6 Å². The highest BCUT2D eigenvalue weighted by atomic mass is 35.5. The van der Waals surface area contributed by atoms with Gasteiger partial charge in [-0.05, 0) is 54.8 Å². The fraction of sp³-hybridized carbons (Fsp3) is 0.333. The molecule has 0 saturated carbocycles. The Kier molecular flexibility index (Phi) is 7.84. The second-order valence-corrected chi connectivity index (χ2v) is 10.5. The average Bonchev–Trinajstić information content (AvgIpc) is 3.51. The van der Waals surface area contributed by atoms with Crippen molar-refractivity contribution in [2.24, 2.45) is 11.8 Å². The Hall–Kier alpha value is -3.58. The first kappa shape index (κ1) is 26.0. The number of para-hydroxylation sites is 1. The third kappa shape index (κ3) is 5.48. The predicted molar refractivity (Wildman–Crippen MR) is 150 cm³/mol. The minimum absolute atomic E-state index is 0.0267. The Labute approximate surface area is 227 Å². The maximum Gasteiger partial charge on any atom is 0.258 e. The van der Waals surface area contributed by atoms with Crippen molar-refractivity contribution in [3.8, 4) is 0 Å². The molecule has 2 saturated heterocycles. The average molecular weight is 535 g/mol. The van der Waals surface area contributed by atoms with Gasteiger partial charge in [0.25, 0.3) is 11.8 Å². The number of anilines is 2. The van der Waals surface area contributed by atoms with Crippen molar-refractivity contribution in [3.05, 3.63) is 94.3 Å². The molecule has 2 fully saturated rings. The van der Waals surface area contributed by atoms with Crippen LogP contribution in [0.5, 0.6) is 0 Å². The maximum atomic E-state index is 14.3. The fourth-order valence-corrected chi connectivity index (χ4v) is 5.87. The molecule has 2 N–H and O–H groups in total. The topological polar surface area (TPSA) is 64.7 Å². The van der Waals surface area contributed by atoms with Gasteiger partial charge in [-0.1, -0.05) is 41.9 Å². The number of benzene rings is 3. The lowest BCUT2D eigenvalue weighted by Gasteiger charge is -2.24. The summed E-state index contributed by atoms with van der Waals surface area (Å²) in [5, 5.41) is 6.23. The van der Waals surface area contributed by atoms with Crippen molar-refractivity contribution in [3.63, 3.8) is 0 Å². The van der Waals surface area contributed by atoms with E-state index < -0.39 is 5.82 Å². The van der Waals surface area contributed by atoms with E-state index in [9.17, 15) is 14.0 Å². The summed E-state index contributed by atoms with van der Waals surface area (Å²) in [5.41, 5.74) is 3.85. The summed E-state index contributed by atoms with van der Waals surface area (Å²) in [5.74, 6) is -0.261. The lowest BCUT2D eigenvalue weighted by Crippen LogP contribution is -2.34. The second kappa shape index (κ2) is 11.4. The number of likely N-dealkylation sites (tertiary alicyclic amines) is 1. The number of fused-ring (bicyclic) bond motifs is 1. The number of carbonyl (C=O) groups is 2. The van der Waals surface area contributed by atoms with Crippen LogP contribution in [0, 0.1) is 17.7 Å². The number of nitrogens with zero attached hydrogens (tertiary/aromatic N) is 2. The molecule has 3 aromatic carbocycles. The van der Waals surface area contributed by atoms with Gasteiger partial charge in [-0.3, -0.25) is 9.59 Å². The summed E-state index contributed by atoms with van der Waals surface area (Å²) in [6.45, 7) is 3.56. The van der Waals surface area contributed by atoms with E-state index in [0.29, 0.717) is 37.0 Å². The highest BCUT2D eigenvalue weighted by Gasteiger charge is 2.42. The Bertz CT molecular complexity index is 1300. The van der Waals surface area contributed by atoms with Crippen LogP contribution in [-0.4, -0.2) is 56.5 Å². The summed E-state index contributed by atoms with van der Waals surface area (Å²) < 4.78 is 14.3. The normalized spacial score (nSPS) is 18.4. The molecule has 3 aromatic rings. The van der Waals surface area contributed by atoms with E-state index >= 15 is 0 Å². The fourth-order valence-electron chi connectivity index (χ4n) is 5.63. The van der Waals surface area contributed by atoms with E-state index in [1.807, 2.05) is 31.3 Å². The minimum Gasteiger partial charge on any atom is -0.387 e. The number of aryl methyl sites for hydroxylation is 1. The van der Waals surface area contributed by atoms with Crippen LogP contribution in [-0.2, 0) is 6.42 Å². The highest BCUT2D eigenvalue weighted by molar-refractivity contribution is 6.33. The first-order valence-corrected chi connectivity index (χ1v) is 13.4. The largest absolute Gasteiger partial charge is 0.387 e. The van der Waals surface area contributed by atoms with Gasteiger partial charge < -0.3 is 20.4 Å². The van der Waals surface area contributed by atoms with Gasteiger partial charge in [0.1, 0.15) is 5.82 Å². The zero-order valence-corrected chi connectivity index (χ0v) is 22.2. The zero-order chi connectivity index (χ0) is 26.6. The quantitative estimate of drug-likeness (QED) is 0.395. The van der Waals surface area contributed by atoms with Gasteiger partial charge in [0.15, 0.2) is 0 Å². The van der Waals surface area contributed by atoms with Crippen LogP contribution in [0.1, 0.15) is 32.7 Å². The standard InChI is InChI=1S/C30H32ClFN4O2/c1-33-27-13-3-2-10-24(27)29(37)34-14-6-8-20-7-4-9-23(15-20)35-16-21-18-36(19-22(21)17-35)30(38)28-25(31)11-5-12-26(28)32/h2-5,7,9-13,15,21-22,33H,6,8,14,16-19H2,1H3,(H,34,37). The molecule has 2 heterocycles. The number of hydrogen-bond donors (Lipinski definition) is 2. The molecule has 0 bridgehead atoms. The first-order chi connectivity index (χ1) is 18.4. The van der Waals surface area contributed by atoms with E-state index in [-0.39, 0.29) is 22.4 Å². The SMILES string of the molecule is CNc1ccccc1C(=O)NCCCc1cccc(N2CC3CN(C(=O)c4c(F)cccc4Cl)CC3C2)c1. The van der Waals surface area contributed by atoms with Crippen LogP contribution in [0.3, 0.4) is 0 Å². The Morgan fingerprint density at radius 3 is 2.45 bits per heavy atom.